The Bertz CT molecular complexity index is 1030. The molecule has 2 saturated carbocycles. The van der Waals surface area contributed by atoms with E-state index in [2.05, 4.69) is 31.7 Å². The Morgan fingerprint density at radius 1 is 1.33 bits per heavy atom. The average Bonchev–Trinajstić information content (AvgIpc) is 3.38. The first-order valence-corrected chi connectivity index (χ1v) is 12.1. The Morgan fingerprint density at radius 3 is 2.82 bits per heavy atom. The molecule has 1 aromatic heterocycles. The predicted octanol–water partition coefficient (Wildman–Crippen LogP) is 3.87. The number of fused-ring (bicyclic) bond motifs is 5. The molecule has 2 fully saturated rings. The number of esters is 1. The Morgan fingerprint density at radius 2 is 2.12 bits per heavy atom. The number of thiol groups is 1. The molecule has 0 amide bonds. The number of rotatable bonds is 4. The maximum absolute atomic E-state index is 12.7. The topological polar surface area (TPSA) is 93.8 Å². The van der Waals surface area contributed by atoms with Crippen molar-refractivity contribution in [1.82, 2.24) is 0 Å². The van der Waals surface area contributed by atoms with E-state index in [9.17, 15) is 19.5 Å². The van der Waals surface area contributed by atoms with Crippen molar-refractivity contribution < 1.29 is 28.6 Å². The molecule has 1 heterocycles. The quantitative estimate of drug-likeness (QED) is 0.394. The summed E-state index contributed by atoms with van der Waals surface area (Å²) in [6, 6.07) is 3.17. The Hall–Kier alpha value is -2.12. The molecule has 0 aliphatic heterocycles. The Labute approximate surface area is 198 Å². The van der Waals surface area contributed by atoms with Crippen LogP contribution in [0.4, 0.5) is 0 Å². The van der Waals surface area contributed by atoms with Gasteiger partial charge in [-0.1, -0.05) is 32.1 Å². The second kappa shape index (κ2) is 7.98. The van der Waals surface area contributed by atoms with Gasteiger partial charge >= 0.3 is 5.97 Å². The number of allylic oxidation sites excluding steroid dienone is 4. The van der Waals surface area contributed by atoms with Gasteiger partial charge in [-0.25, -0.2) is 4.79 Å². The lowest BCUT2D eigenvalue weighted by Gasteiger charge is -2.58. The van der Waals surface area contributed by atoms with E-state index in [1.165, 1.54) is 6.26 Å². The number of carbonyl (C=O) groups excluding carboxylic acids is 3. The van der Waals surface area contributed by atoms with Crippen molar-refractivity contribution in [2.45, 2.75) is 39.2 Å². The summed E-state index contributed by atoms with van der Waals surface area (Å²) in [7, 11) is 0. The van der Waals surface area contributed by atoms with Crippen LogP contribution < -0.4 is 0 Å². The molecule has 5 rings (SSSR count). The van der Waals surface area contributed by atoms with Crippen LogP contribution in [0.15, 0.2) is 47.1 Å². The number of carbonyl (C=O) groups is 3. The van der Waals surface area contributed by atoms with Crippen LogP contribution in [0, 0.1) is 46.3 Å². The van der Waals surface area contributed by atoms with Gasteiger partial charge in [-0.05, 0) is 60.1 Å². The molecule has 0 aromatic carbocycles. The predicted molar refractivity (Wildman–Crippen MR) is 123 cm³/mol. The van der Waals surface area contributed by atoms with E-state index in [1.807, 2.05) is 13.0 Å². The van der Waals surface area contributed by atoms with E-state index >= 15 is 0 Å². The van der Waals surface area contributed by atoms with Gasteiger partial charge in [0.05, 0.1) is 19.0 Å². The van der Waals surface area contributed by atoms with Crippen molar-refractivity contribution in [3.05, 3.63) is 48.5 Å². The lowest BCUT2D eigenvalue weighted by molar-refractivity contribution is -0.146. The summed E-state index contributed by atoms with van der Waals surface area (Å²) in [5.74, 6) is -0.685. The highest BCUT2D eigenvalue weighted by Gasteiger charge is 2.66. The van der Waals surface area contributed by atoms with E-state index in [0.29, 0.717) is 12.8 Å². The van der Waals surface area contributed by atoms with Gasteiger partial charge in [0.25, 0.3) is 0 Å². The summed E-state index contributed by atoms with van der Waals surface area (Å²) in [5.41, 5.74) is -1.04. The van der Waals surface area contributed by atoms with Crippen molar-refractivity contribution >= 4 is 29.5 Å². The van der Waals surface area contributed by atoms with E-state index in [0.717, 1.165) is 6.42 Å². The first kappa shape index (κ1) is 22.7. The molecule has 33 heavy (non-hydrogen) atoms. The number of furan rings is 1. The third kappa shape index (κ3) is 3.38. The van der Waals surface area contributed by atoms with Crippen molar-refractivity contribution in [2.24, 2.45) is 46.3 Å². The normalized spacial score (nSPS) is 43.5. The summed E-state index contributed by atoms with van der Waals surface area (Å²) >= 11 is 4.23. The summed E-state index contributed by atoms with van der Waals surface area (Å²) in [6.45, 7) is 4.21. The van der Waals surface area contributed by atoms with E-state index < -0.39 is 23.4 Å². The maximum atomic E-state index is 12.7. The molecule has 1 N–H and O–H groups in total. The number of aliphatic hydroxyl groups excluding tert-OH is 1. The number of ether oxygens (including phenoxy) is 1. The highest BCUT2D eigenvalue weighted by atomic mass is 32.1. The van der Waals surface area contributed by atoms with Gasteiger partial charge in [0, 0.05) is 23.7 Å². The Balaban J connectivity index is 1.52. The SMILES string of the molecule is C[C@@H]1C[C@H]2[C@@H]3C=CC4CC(=O)C=C[C@]4(C)[C@H]3[C@@H](O)C[C@]2(COC(=O)c2ccco2)[C@H]1C(=O)S. The average molecular weight is 471 g/mol. The fourth-order valence-corrected chi connectivity index (χ4v) is 8.21. The second-order valence-electron chi connectivity index (χ2n) is 10.7. The zero-order valence-corrected chi connectivity index (χ0v) is 19.7. The van der Waals surface area contributed by atoms with Gasteiger partial charge in [0.15, 0.2) is 10.9 Å². The molecular formula is C26H30O6S. The largest absolute Gasteiger partial charge is 0.459 e. The van der Waals surface area contributed by atoms with Gasteiger partial charge in [0.1, 0.15) is 0 Å². The minimum Gasteiger partial charge on any atom is -0.459 e. The molecule has 4 aliphatic rings. The number of ketones is 1. The number of hydrogen-bond donors (Lipinski definition) is 2. The lowest BCUT2D eigenvalue weighted by Crippen LogP contribution is -2.59. The minimum absolute atomic E-state index is 0.00954. The lowest BCUT2D eigenvalue weighted by atomic mass is 9.47. The van der Waals surface area contributed by atoms with E-state index in [1.54, 1.807) is 18.2 Å². The van der Waals surface area contributed by atoms with E-state index in [4.69, 9.17) is 9.15 Å². The monoisotopic (exact) mass is 470 g/mol. The second-order valence-corrected chi connectivity index (χ2v) is 11.1. The van der Waals surface area contributed by atoms with Crippen molar-refractivity contribution in [3.8, 4) is 0 Å². The van der Waals surface area contributed by atoms with Crippen LogP contribution in [0.5, 0.6) is 0 Å². The zero-order valence-electron chi connectivity index (χ0n) is 18.8. The van der Waals surface area contributed by atoms with Crippen LogP contribution in [-0.4, -0.2) is 34.7 Å². The number of hydrogen-bond acceptors (Lipinski definition) is 6. The molecule has 0 spiro atoms. The van der Waals surface area contributed by atoms with Gasteiger partial charge < -0.3 is 14.3 Å². The summed E-state index contributed by atoms with van der Waals surface area (Å²) in [5, 5.41) is 11.3. The molecule has 1 aromatic rings. The fourth-order valence-electron chi connectivity index (χ4n) is 7.70. The van der Waals surface area contributed by atoms with Crippen LogP contribution in [0.1, 0.15) is 43.7 Å². The highest BCUT2D eigenvalue weighted by molar-refractivity contribution is 7.96. The minimum atomic E-state index is -0.706. The summed E-state index contributed by atoms with van der Waals surface area (Å²) < 4.78 is 10.9. The fraction of sp³-hybridized carbons (Fsp3) is 0.577. The third-order valence-electron chi connectivity index (χ3n) is 9.03. The molecule has 4 aliphatic carbocycles. The van der Waals surface area contributed by atoms with Gasteiger partial charge in [-0.2, -0.15) is 0 Å². The van der Waals surface area contributed by atoms with Crippen LogP contribution in [0.3, 0.4) is 0 Å². The smallest absolute Gasteiger partial charge is 0.374 e. The molecule has 6 nitrogen and oxygen atoms in total. The van der Waals surface area contributed by atoms with Gasteiger partial charge in [-0.3, -0.25) is 9.59 Å². The van der Waals surface area contributed by atoms with Gasteiger partial charge in [-0.15, -0.1) is 12.6 Å². The molecule has 7 heteroatoms. The third-order valence-corrected chi connectivity index (χ3v) is 9.31. The molecule has 176 valence electrons. The van der Waals surface area contributed by atoms with Crippen LogP contribution >= 0.6 is 12.6 Å². The van der Waals surface area contributed by atoms with Crippen molar-refractivity contribution in [2.75, 3.05) is 6.61 Å². The van der Waals surface area contributed by atoms with Crippen LogP contribution in [0.2, 0.25) is 0 Å². The summed E-state index contributed by atoms with van der Waals surface area (Å²) in [6.07, 6.45) is 10.2. The Kier molecular flexibility index (Phi) is 5.48. The van der Waals surface area contributed by atoms with Crippen LogP contribution in [-0.2, 0) is 14.3 Å². The zero-order chi connectivity index (χ0) is 23.5. The van der Waals surface area contributed by atoms with Crippen LogP contribution in [0.25, 0.3) is 0 Å². The molecule has 0 saturated heterocycles. The van der Waals surface area contributed by atoms with Gasteiger partial charge in [0.2, 0.25) is 5.76 Å². The molecule has 9 atom stereocenters. The van der Waals surface area contributed by atoms with Crippen molar-refractivity contribution in [3.63, 3.8) is 0 Å². The molecule has 1 unspecified atom stereocenters. The molecule has 0 radical (unpaired) electrons. The molecule has 0 bridgehead atoms. The first-order chi connectivity index (χ1) is 15.7. The molecular weight excluding hydrogens is 440 g/mol. The number of aliphatic hydroxyl groups is 1. The van der Waals surface area contributed by atoms with Crippen molar-refractivity contribution in [1.29, 1.82) is 0 Å². The first-order valence-electron chi connectivity index (χ1n) is 11.7. The maximum Gasteiger partial charge on any atom is 0.374 e. The van der Waals surface area contributed by atoms with E-state index in [-0.39, 0.29) is 58.3 Å². The summed E-state index contributed by atoms with van der Waals surface area (Å²) in [4.78, 5) is 37.4. The standard InChI is InChI=1S/C26H30O6S/c1-14-10-18-17-6-5-15-11-16(27)7-8-25(15,2)22(17)19(28)12-26(18,21(14)24(30)33)13-32-23(29)20-4-3-9-31-20/h3-9,14-15,17-19,21-22,28H,10-13H2,1-2H3,(H,30,33)/t14-,15?,17+,18+,19+,21-,22-,25+,26-/m1/s1. The highest BCUT2D eigenvalue weighted by Crippen LogP contribution is 2.66.